The highest BCUT2D eigenvalue weighted by atomic mass is 16.5. The molecule has 0 aromatic heterocycles. The van der Waals surface area contributed by atoms with E-state index < -0.39 is 0 Å². The van der Waals surface area contributed by atoms with Gasteiger partial charge in [-0.3, -0.25) is 4.79 Å². The molecule has 0 N–H and O–H groups in total. The Hall–Kier alpha value is -3.85. The van der Waals surface area contributed by atoms with Crippen LogP contribution in [-0.2, 0) is 10.2 Å². The number of esters is 1. The molecule has 33 heavy (non-hydrogen) atoms. The van der Waals surface area contributed by atoms with Crippen molar-refractivity contribution in [3.8, 4) is 11.5 Å². The normalized spacial score (nSPS) is 11.1. The maximum absolute atomic E-state index is 11.5. The molecule has 166 valence electrons. The third-order valence-corrected chi connectivity index (χ3v) is 5.89. The summed E-state index contributed by atoms with van der Waals surface area (Å²) in [6.07, 6.45) is 1.11. The largest absolute Gasteiger partial charge is 0.494 e. The van der Waals surface area contributed by atoms with Crippen LogP contribution in [0.25, 0.3) is 0 Å². The van der Waals surface area contributed by atoms with E-state index in [-0.39, 0.29) is 11.4 Å². The summed E-state index contributed by atoms with van der Waals surface area (Å²) in [4.78, 5) is 11.5. The van der Waals surface area contributed by atoms with Crippen molar-refractivity contribution < 1.29 is 14.3 Å². The molecule has 4 aromatic carbocycles. The zero-order valence-corrected chi connectivity index (χ0v) is 18.8. The van der Waals surface area contributed by atoms with Crippen molar-refractivity contribution in [2.75, 3.05) is 6.61 Å². The highest BCUT2D eigenvalue weighted by Gasteiger charge is 2.36. The molecule has 0 saturated carbocycles. The van der Waals surface area contributed by atoms with E-state index in [0.717, 1.165) is 12.2 Å². The fourth-order valence-corrected chi connectivity index (χ4v) is 4.23. The van der Waals surface area contributed by atoms with E-state index in [1.807, 2.05) is 30.3 Å². The number of benzene rings is 4. The SMILES string of the molecule is CCC(=O)Oc1ccc(OCCC(c2ccccc2)(c2ccccc2)c2ccccc2)cc1. The molecule has 3 nitrogen and oxygen atoms in total. The van der Waals surface area contributed by atoms with E-state index in [1.54, 1.807) is 19.1 Å². The summed E-state index contributed by atoms with van der Waals surface area (Å²) in [6.45, 7) is 2.30. The van der Waals surface area contributed by atoms with E-state index >= 15 is 0 Å². The van der Waals surface area contributed by atoms with Crippen LogP contribution >= 0.6 is 0 Å². The van der Waals surface area contributed by atoms with E-state index in [9.17, 15) is 4.79 Å². The lowest BCUT2D eigenvalue weighted by atomic mass is 9.67. The fourth-order valence-electron chi connectivity index (χ4n) is 4.23. The van der Waals surface area contributed by atoms with Gasteiger partial charge in [-0.05, 0) is 47.4 Å². The van der Waals surface area contributed by atoms with Crippen LogP contribution in [0.15, 0.2) is 115 Å². The Labute approximate surface area is 195 Å². The van der Waals surface area contributed by atoms with Crippen LogP contribution in [-0.4, -0.2) is 12.6 Å². The van der Waals surface area contributed by atoms with Crippen molar-refractivity contribution in [1.29, 1.82) is 0 Å². The Bertz CT molecular complexity index is 1040. The van der Waals surface area contributed by atoms with Crippen LogP contribution < -0.4 is 9.47 Å². The number of ether oxygens (including phenoxy) is 2. The third kappa shape index (κ3) is 5.15. The second kappa shape index (κ2) is 10.6. The lowest BCUT2D eigenvalue weighted by molar-refractivity contribution is -0.134. The Morgan fingerprint density at radius 2 is 1.06 bits per heavy atom. The van der Waals surface area contributed by atoms with Crippen LogP contribution in [0.3, 0.4) is 0 Å². The van der Waals surface area contributed by atoms with E-state index in [2.05, 4.69) is 72.8 Å². The molecular formula is C30H28O3. The van der Waals surface area contributed by atoms with E-state index in [4.69, 9.17) is 9.47 Å². The Morgan fingerprint density at radius 3 is 1.48 bits per heavy atom. The van der Waals surface area contributed by atoms with Gasteiger partial charge < -0.3 is 9.47 Å². The first-order valence-corrected chi connectivity index (χ1v) is 11.3. The van der Waals surface area contributed by atoms with Crippen LogP contribution in [0.2, 0.25) is 0 Å². The number of rotatable bonds is 9. The van der Waals surface area contributed by atoms with Gasteiger partial charge in [-0.15, -0.1) is 0 Å². The van der Waals surface area contributed by atoms with Crippen LogP contribution in [0, 0.1) is 0 Å². The quantitative estimate of drug-likeness (QED) is 0.164. The van der Waals surface area contributed by atoms with Crippen molar-refractivity contribution in [2.24, 2.45) is 0 Å². The second-order valence-electron chi connectivity index (χ2n) is 7.90. The Kier molecular flexibility index (Phi) is 7.21. The number of hydrogen-bond donors (Lipinski definition) is 0. The fraction of sp³-hybridized carbons (Fsp3) is 0.167. The summed E-state index contributed by atoms with van der Waals surface area (Å²) in [6, 6.07) is 39.1. The van der Waals surface area contributed by atoms with Gasteiger partial charge in [0, 0.05) is 11.8 Å². The average molecular weight is 437 g/mol. The standard InChI is InChI=1S/C30H28O3/c1-2-29(31)33-28-20-18-27(19-21-28)32-23-22-30(24-12-6-3-7-13-24,25-14-8-4-9-15-25)26-16-10-5-11-17-26/h3-21H,2,22-23H2,1H3. The summed E-state index contributed by atoms with van der Waals surface area (Å²) >= 11 is 0. The summed E-state index contributed by atoms with van der Waals surface area (Å²) in [5.74, 6) is 1.03. The molecule has 0 saturated heterocycles. The summed E-state index contributed by atoms with van der Waals surface area (Å²) in [7, 11) is 0. The monoisotopic (exact) mass is 436 g/mol. The van der Waals surface area contributed by atoms with Gasteiger partial charge in [-0.25, -0.2) is 0 Å². The molecule has 4 rings (SSSR count). The molecular weight excluding hydrogens is 408 g/mol. The van der Waals surface area contributed by atoms with Gasteiger partial charge in [0.15, 0.2) is 0 Å². The summed E-state index contributed by atoms with van der Waals surface area (Å²) in [5, 5.41) is 0. The van der Waals surface area contributed by atoms with Crippen molar-refractivity contribution in [3.05, 3.63) is 132 Å². The molecule has 0 atom stereocenters. The minimum atomic E-state index is -0.347. The van der Waals surface area contributed by atoms with E-state index in [1.165, 1.54) is 16.7 Å². The lowest BCUT2D eigenvalue weighted by Gasteiger charge is -2.36. The molecule has 0 aliphatic heterocycles. The Morgan fingerprint density at radius 1 is 0.636 bits per heavy atom. The first-order chi connectivity index (χ1) is 16.2. The maximum Gasteiger partial charge on any atom is 0.310 e. The maximum atomic E-state index is 11.5. The van der Waals surface area contributed by atoms with Gasteiger partial charge >= 0.3 is 5.97 Å². The molecule has 0 aliphatic rings. The third-order valence-electron chi connectivity index (χ3n) is 5.89. The zero-order chi connectivity index (χ0) is 22.9. The smallest absolute Gasteiger partial charge is 0.310 e. The summed E-state index contributed by atoms with van der Waals surface area (Å²) in [5.41, 5.74) is 3.34. The molecule has 0 aliphatic carbocycles. The highest BCUT2D eigenvalue weighted by molar-refractivity contribution is 5.71. The molecule has 0 spiro atoms. The predicted molar refractivity (Wildman–Crippen MR) is 132 cm³/mol. The van der Waals surface area contributed by atoms with Crippen LogP contribution in [0.4, 0.5) is 0 Å². The van der Waals surface area contributed by atoms with Crippen molar-refractivity contribution in [3.63, 3.8) is 0 Å². The molecule has 0 unspecified atom stereocenters. The molecule has 3 heteroatoms. The number of hydrogen-bond acceptors (Lipinski definition) is 3. The van der Waals surface area contributed by atoms with Crippen molar-refractivity contribution in [1.82, 2.24) is 0 Å². The van der Waals surface area contributed by atoms with Gasteiger partial charge in [0.25, 0.3) is 0 Å². The highest BCUT2D eigenvalue weighted by Crippen LogP contribution is 2.42. The molecule has 0 bridgehead atoms. The van der Waals surface area contributed by atoms with Gasteiger partial charge in [0.1, 0.15) is 11.5 Å². The van der Waals surface area contributed by atoms with Gasteiger partial charge in [0.05, 0.1) is 6.61 Å². The molecule has 0 fully saturated rings. The van der Waals surface area contributed by atoms with Crippen molar-refractivity contribution in [2.45, 2.75) is 25.2 Å². The lowest BCUT2D eigenvalue weighted by Crippen LogP contribution is -2.31. The Balaban J connectivity index is 1.63. The molecule has 0 heterocycles. The first kappa shape index (κ1) is 22.3. The topological polar surface area (TPSA) is 35.5 Å². The van der Waals surface area contributed by atoms with Gasteiger partial charge in [-0.1, -0.05) is 97.9 Å². The van der Waals surface area contributed by atoms with E-state index in [0.29, 0.717) is 18.8 Å². The average Bonchev–Trinajstić information content (AvgIpc) is 2.89. The zero-order valence-electron chi connectivity index (χ0n) is 18.8. The predicted octanol–water partition coefficient (Wildman–Crippen LogP) is 6.81. The minimum absolute atomic E-state index is 0.248. The van der Waals surface area contributed by atoms with Crippen molar-refractivity contribution >= 4 is 5.97 Å². The molecule has 4 aromatic rings. The van der Waals surface area contributed by atoms with Crippen LogP contribution in [0.1, 0.15) is 36.5 Å². The summed E-state index contributed by atoms with van der Waals surface area (Å²) < 4.78 is 11.4. The molecule has 0 radical (unpaired) electrons. The minimum Gasteiger partial charge on any atom is -0.494 e. The first-order valence-electron chi connectivity index (χ1n) is 11.3. The second-order valence-corrected chi connectivity index (χ2v) is 7.90. The van der Waals surface area contributed by atoms with Gasteiger partial charge in [-0.2, -0.15) is 0 Å². The molecule has 0 amide bonds. The number of carbonyl (C=O) groups is 1. The van der Waals surface area contributed by atoms with Crippen LogP contribution in [0.5, 0.6) is 11.5 Å². The number of carbonyl (C=O) groups excluding carboxylic acids is 1. The van der Waals surface area contributed by atoms with Gasteiger partial charge in [0.2, 0.25) is 0 Å².